The lowest BCUT2D eigenvalue weighted by Crippen LogP contribution is -2.32. The molecule has 61 heavy (non-hydrogen) atoms. The molecule has 2 fully saturated rings. The van der Waals surface area contributed by atoms with Crippen LogP contribution in [-0.4, -0.2) is 74.9 Å². The zero-order valence-corrected chi connectivity index (χ0v) is 35.9. The SMILES string of the molecule is Cc1c(-c2cc(Sc3cccc(Cl)n3)c3c(C#N)cnn3c2)cnn1C1CCCNC1.Cc1c(-c2cc(Sc3ccccn3)c3c(C#N)cnn3c2)cnn1C1CCNCC1. The van der Waals surface area contributed by atoms with E-state index in [0.717, 1.165) is 116 Å². The number of pyridine rings is 4. The molecule has 8 aromatic rings. The average molecular weight is 865 g/mol. The second-order valence-electron chi connectivity index (χ2n) is 14.9. The molecule has 0 saturated carbocycles. The van der Waals surface area contributed by atoms with Crippen LogP contribution in [0.15, 0.2) is 112 Å². The van der Waals surface area contributed by atoms with Gasteiger partial charge in [-0.05, 0) is 95.6 Å². The van der Waals surface area contributed by atoms with Gasteiger partial charge in [-0.15, -0.1) is 0 Å². The minimum absolute atomic E-state index is 0.366. The normalized spacial score (nSPS) is 15.7. The van der Waals surface area contributed by atoms with Crippen molar-refractivity contribution in [3.05, 3.63) is 120 Å². The van der Waals surface area contributed by atoms with Gasteiger partial charge in [0, 0.05) is 68.6 Å². The summed E-state index contributed by atoms with van der Waals surface area (Å²) in [7, 11) is 0. The Morgan fingerprint density at radius 2 is 1.30 bits per heavy atom. The van der Waals surface area contributed by atoms with Crippen LogP contribution in [0.5, 0.6) is 0 Å². The Morgan fingerprint density at radius 3 is 1.85 bits per heavy atom. The Hall–Kier alpha value is -6.01. The van der Waals surface area contributed by atoms with E-state index in [2.05, 4.69) is 78.3 Å². The van der Waals surface area contributed by atoms with Gasteiger partial charge in [-0.3, -0.25) is 9.36 Å². The largest absolute Gasteiger partial charge is 0.317 e. The third kappa shape index (κ3) is 8.38. The highest BCUT2D eigenvalue weighted by Gasteiger charge is 2.23. The molecule has 10 rings (SSSR count). The van der Waals surface area contributed by atoms with Crippen molar-refractivity contribution in [2.75, 3.05) is 26.2 Å². The molecule has 0 radical (unpaired) electrons. The second kappa shape index (κ2) is 17.9. The van der Waals surface area contributed by atoms with E-state index in [-0.39, 0.29) is 0 Å². The van der Waals surface area contributed by atoms with Crippen LogP contribution >= 0.6 is 35.1 Å². The molecule has 0 spiro atoms. The molecule has 17 heteroatoms. The molecule has 8 aromatic heterocycles. The van der Waals surface area contributed by atoms with Crippen molar-refractivity contribution in [1.82, 2.24) is 59.4 Å². The first-order valence-electron chi connectivity index (χ1n) is 20.1. The minimum Gasteiger partial charge on any atom is -0.317 e. The molecule has 14 nitrogen and oxygen atoms in total. The fourth-order valence-corrected chi connectivity index (χ4v) is 10.3. The summed E-state index contributed by atoms with van der Waals surface area (Å²) in [5.41, 5.74) is 9.11. The van der Waals surface area contributed by atoms with E-state index in [1.54, 1.807) is 45.4 Å². The van der Waals surface area contributed by atoms with Gasteiger partial charge in [0.1, 0.15) is 27.3 Å². The van der Waals surface area contributed by atoms with Gasteiger partial charge in [0.15, 0.2) is 0 Å². The maximum Gasteiger partial charge on any atom is 0.130 e. The number of nitrogens with one attached hydrogen (secondary N) is 2. The van der Waals surface area contributed by atoms with Crippen LogP contribution in [-0.2, 0) is 0 Å². The molecular weight excluding hydrogens is 824 g/mol. The highest BCUT2D eigenvalue weighted by molar-refractivity contribution is 7.99. The average Bonchev–Trinajstić information content (AvgIpc) is 4.10. The summed E-state index contributed by atoms with van der Waals surface area (Å²) in [4.78, 5) is 10.7. The van der Waals surface area contributed by atoms with Crippen LogP contribution in [0.3, 0.4) is 0 Å². The molecule has 0 bridgehead atoms. The third-order valence-electron chi connectivity index (χ3n) is 11.1. The first kappa shape index (κ1) is 40.4. The lowest BCUT2D eigenvalue weighted by molar-refractivity contribution is 0.338. The van der Waals surface area contributed by atoms with Crippen molar-refractivity contribution in [2.45, 2.75) is 71.5 Å². The second-order valence-corrected chi connectivity index (χ2v) is 17.5. The smallest absolute Gasteiger partial charge is 0.130 e. The van der Waals surface area contributed by atoms with E-state index in [1.165, 1.54) is 11.8 Å². The fraction of sp³-hybridized carbons (Fsp3) is 0.273. The van der Waals surface area contributed by atoms with Crippen molar-refractivity contribution in [2.24, 2.45) is 0 Å². The summed E-state index contributed by atoms with van der Waals surface area (Å²) >= 11 is 9.09. The molecule has 2 saturated heterocycles. The summed E-state index contributed by atoms with van der Waals surface area (Å²) in [5, 5.41) is 46.3. The number of rotatable bonds is 8. The minimum atomic E-state index is 0.366. The van der Waals surface area contributed by atoms with Gasteiger partial charge in [0.25, 0.3) is 0 Å². The lowest BCUT2D eigenvalue weighted by atomic mass is 10.1. The first-order chi connectivity index (χ1) is 29.9. The molecule has 2 aliphatic heterocycles. The predicted octanol–water partition coefficient (Wildman–Crippen LogP) is 8.35. The van der Waals surface area contributed by atoms with Crippen LogP contribution in [0.1, 0.15) is 60.3 Å². The molecule has 1 unspecified atom stereocenters. The number of piperidine rings is 2. The Bertz CT molecular complexity index is 2930. The van der Waals surface area contributed by atoms with Gasteiger partial charge in [-0.2, -0.15) is 30.9 Å². The number of fused-ring (bicyclic) bond motifs is 2. The van der Waals surface area contributed by atoms with Gasteiger partial charge < -0.3 is 10.6 Å². The molecule has 0 amide bonds. The van der Waals surface area contributed by atoms with E-state index in [9.17, 15) is 10.5 Å². The van der Waals surface area contributed by atoms with E-state index >= 15 is 0 Å². The number of nitrogens with zero attached hydrogens (tertiary/aromatic N) is 12. The van der Waals surface area contributed by atoms with Gasteiger partial charge in [-0.25, -0.2) is 19.0 Å². The van der Waals surface area contributed by atoms with E-state index < -0.39 is 0 Å². The monoisotopic (exact) mass is 864 g/mol. The predicted molar refractivity (Wildman–Crippen MR) is 236 cm³/mol. The fourth-order valence-electron chi connectivity index (χ4n) is 8.11. The molecule has 10 heterocycles. The quantitative estimate of drug-likeness (QED) is 0.140. The number of nitriles is 2. The van der Waals surface area contributed by atoms with Crippen molar-refractivity contribution in [3.8, 4) is 34.4 Å². The maximum atomic E-state index is 9.57. The Labute approximate surface area is 366 Å². The number of halogens is 1. The standard InChI is InChI=1S/C22H20ClN7S.C22H21N7S/c1-14-18(12-27-30(14)17-4-3-7-25-11-17)15-8-19(31-21-6-2-5-20(23)28-21)22-16(9-24)10-26-29(22)13-15;1-15-19(13-27-29(15)18-5-8-24-9-6-18)16-10-20(30-21-4-2-3-7-25-21)22-17(11-23)12-26-28(22)14-16/h2,5-6,8,10,12-13,17,25H,3-4,7,11H2,1H3;2-4,7,10,12-14,18,24H,5-6,8-9H2,1H3. The van der Waals surface area contributed by atoms with E-state index in [1.807, 2.05) is 55.1 Å². The van der Waals surface area contributed by atoms with Crippen LogP contribution in [0, 0.1) is 36.5 Å². The lowest BCUT2D eigenvalue weighted by Gasteiger charge is -2.24. The maximum absolute atomic E-state index is 9.57. The van der Waals surface area contributed by atoms with E-state index in [0.29, 0.717) is 28.4 Å². The van der Waals surface area contributed by atoms with Crippen molar-refractivity contribution < 1.29 is 0 Å². The Kier molecular flexibility index (Phi) is 11.9. The highest BCUT2D eigenvalue weighted by Crippen LogP contribution is 2.38. The molecule has 0 aliphatic carbocycles. The summed E-state index contributed by atoms with van der Waals surface area (Å²) < 4.78 is 7.84. The van der Waals surface area contributed by atoms with Crippen molar-refractivity contribution in [3.63, 3.8) is 0 Å². The zero-order valence-electron chi connectivity index (χ0n) is 33.5. The molecule has 0 aromatic carbocycles. The summed E-state index contributed by atoms with van der Waals surface area (Å²) in [6, 6.07) is 20.8. The first-order valence-corrected chi connectivity index (χ1v) is 22.1. The topological polar surface area (TPSA) is 168 Å². The van der Waals surface area contributed by atoms with Gasteiger partial charge in [-0.1, -0.05) is 47.3 Å². The Morgan fingerprint density at radius 1 is 0.689 bits per heavy atom. The van der Waals surface area contributed by atoms with Crippen molar-refractivity contribution in [1.29, 1.82) is 10.5 Å². The van der Waals surface area contributed by atoms with Crippen LogP contribution in [0.4, 0.5) is 0 Å². The number of hydrogen-bond donors (Lipinski definition) is 2. The van der Waals surface area contributed by atoms with Gasteiger partial charge >= 0.3 is 0 Å². The van der Waals surface area contributed by atoms with Crippen LogP contribution < -0.4 is 10.6 Å². The van der Waals surface area contributed by atoms with Crippen LogP contribution in [0.25, 0.3) is 33.3 Å². The molecule has 2 aliphatic rings. The molecular formula is C44H41ClN14S2. The molecule has 2 N–H and O–H groups in total. The number of aromatic nitrogens is 10. The Balaban J connectivity index is 0.000000156. The van der Waals surface area contributed by atoms with Gasteiger partial charge in [0.2, 0.25) is 0 Å². The summed E-state index contributed by atoms with van der Waals surface area (Å²) in [6.07, 6.45) is 17.3. The van der Waals surface area contributed by atoms with Gasteiger partial charge in [0.05, 0.1) is 59.0 Å². The summed E-state index contributed by atoms with van der Waals surface area (Å²) in [5.74, 6) is 0. The zero-order chi connectivity index (χ0) is 41.9. The summed E-state index contributed by atoms with van der Waals surface area (Å²) in [6.45, 7) is 8.30. The van der Waals surface area contributed by atoms with E-state index in [4.69, 9.17) is 21.8 Å². The highest BCUT2D eigenvalue weighted by atomic mass is 35.5. The van der Waals surface area contributed by atoms with Crippen LogP contribution in [0.2, 0.25) is 5.15 Å². The molecule has 1 atom stereocenters. The van der Waals surface area contributed by atoms with Crippen molar-refractivity contribution >= 4 is 46.2 Å². The number of hydrogen-bond acceptors (Lipinski definition) is 12. The third-order valence-corrected chi connectivity index (χ3v) is 13.3. The molecule has 306 valence electrons.